The summed E-state index contributed by atoms with van der Waals surface area (Å²) in [5.41, 5.74) is 0. The molecule has 16 heavy (non-hydrogen) atoms. The Morgan fingerprint density at radius 3 is 2.69 bits per heavy atom. The summed E-state index contributed by atoms with van der Waals surface area (Å²) in [6.45, 7) is 6.79. The van der Waals surface area contributed by atoms with E-state index in [0.717, 1.165) is 32.7 Å². The highest BCUT2D eigenvalue weighted by Crippen LogP contribution is 2.13. The van der Waals surface area contributed by atoms with Crippen molar-refractivity contribution in [1.29, 1.82) is 0 Å². The molecule has 2 saturated heterocycles. The van der Waals surface area contributed by atoms with Crippen LogP contribution < -0.4 is 5.32 Å². The first-order valence-electron chi connectivity index (χ1n) is 6.58. The second-order valence-electron chi connectivity index (χ2n) is 4.81. The van der Waals surface area contributed by atoms with Crippen LogP contribution in [0.4, 0.5) is 4.79 Å². The smallest absolute Gasteiger partial charge is 0.320 e. The van der Waals surface area contributed by atoms with Crippen LogP contribution in [0.2, 0.25) is 0 Å². The van der Waals surface area contributed by atoms with E-state index in [-0.39, 0.29) is 6.03 Å². The maximum absolute atomic E-state index is 12.2. The lowest BCUT2D eigenvalue weighted by atomic mass is 10.2. The molecular weight excluding hydrogens is 202 g/mol. The largest absolute Gasteiger partial charge is 0.325 e. The molecule has 2 aliphatic heterocycles. The van der Waals surface area contributed by atoms with Crippen molar-refractivity contribution in [1.82, 2.24) is 15.1 Å². The van der Waals surface area contributed by atoms with Crippen LogP contribution >= 0.6 is 0 Å². The predicted molar refractivity (Wildman–Crippen MR) is 64.5 cm³/mol. The summed E-state index contributed by atoms with van der Waals surface area (Å²) in [7, 11) is 0. The molecule has 0 spiro atoms. The number of urea groups is 1. The number of likely N-dealkylation sites (tertiary alicyclic amines) is 1. The van der Waals surface area contributed by atoms with Gasteiger partial charge >= 0.3 is 6.03 Å². The van der Waals surface area contributed by atoms with Crippen molar-refractivity contribution >= 4 is 6.03 Å². The minimum absolute atomic E-state index is 0.244. The van der Waals surface area contributed by atoms with E-state index in [2.05, 4.69) is 12.2 Å². The summed E-state index contributed by atoms with van der Waals surface area (Å²) in [5.74, 6) is 0. The van der Waals surface area contributed by atoms with Crippen molar-refractivity contribution < 1.29 is 4.79 Å². The van der Waals surface area contributed by atoms with E-state index < -0.39 is 0 Å². The van der Waals surface area contributed by atoms with Crippen LogP contribution in [0.1, 0.15) is 32.6 Å². The van der Waals surface area contributed by atoms with Gasteiger partial charge in [-0.05, 0) is 39.2 Å². The van der Waals surface area contributed by atoms with Gasteiger partial charge in [-0.1, -0.05) is 0 Å². The summed E-state index contributed by atoms with van der Waals surface area (Å²) in [6, 6.07) is 0.764. The molecule has 2 aliphatic rings. The van der Waals surface area contributed by atoms with Crippen LogP contribution in [-0.2, 0) is 0 Å². The van der Waals surface area contributed by atoms with Gasteiger partial charge in [0.1, 0.15) is 0 Å². The number of rotatable bonds is 3. The zero-order chi connectivity index (χ0) is 11.4. The molecule has 92 valence electrons. The third kappa shape index (κ3) is 2.67. The molecule has 4 heteroatoms. The third-order valence-corrected chi connectivity index (χ3v) is 3.63. The Kier molecular flexibility index (Phi) is 4.04. The molecule has 0 aliphatic carbocycles. The Balaban J connectivity index is 1.84. The van der Waals surface area contributed by atoms with Crippen molar-refractivity contribution in [2.75, 3.05) is 32.7 Å². The van der Waals surface area contributed by atoms with E-state index in [1.54, 1.807) is 0 Å². The van der Waals surface area contributed by atoms with E-state index in [0.29, 0.717) is 6.04 Å². The fraction of sp³-hybridized carbons (Fsp3) is 0.917. The lowest BCUT2D eigenvalue weighted by molar-refractivity contribution is 0.160. The highest BCUT2D eigenvalue weighted by atomic mass is 16.2. The van der Waals surface area contributed by atoms with Gasteiger partial charge in [0.2, 0.25) is 0 Å². The van der Waals surface area contributed by atoms with Gasteiger partial charge in [-0.3, -0.25) is 0 Å². The molecule has 0 aromatic rings. The highest BCUT2D eigenvalue weighted by Gasteiger charge is 2.25. The van der Waals surface area contributed by atoms with Crippen molar-refractivity contribution in [2.45, 2.75) is 38.6 Å². The Bertz CT molecular complexity index is 232. The number of hydrogen-bond acceptors (Lipinski definition) is 2. The lowest BCUT2D eigenvalue weighted by Crippen LogP contribution is -2.46. The zero-order valence-corrected chi connectivity index (χ0v) is 10.2. The Morgan fingerprint density at radius 2 is 2.12 bits per heavy atom. The second kappa shape index (κ2) is 5.53. The Hall–Kier alpha value is -0.770. The van der Waals surface area contributed by atoms with Crippen molar-refractivity contribution in [2.24, 2.45) is 0 Å². The van der Waals surface area contributed by atoms with Gasteiger partial charge in [-0.2, -0.15) is 0 Å². The number of carbonyl (C=O) groups excluding carboxylic acids is 1. The number of likely N-dealkylation sites (N-methyl/N-ethyl adjacent to an activating group) is 1. The first kappa shape index (κ1) is 11.7. The van der Waals surface area contributed by atoms with E-state index in [9.17, 15) is 4.79 Å². The van der Waals surface area contributed by atoms with Gasteiger partial charge in [0, 0.05) is 32.2 Å². The normalized spacial score (nSPS) is 25.1. The summed E-state index contributed by atoms with van der Waals surface area (Å²) in [6.07, 6.45) is 4.81. The van der Waals surface area contributed by atoms with Crippen LogP contribution in [0.5, 0.6) is 0 Å². The monoisotopic (exact) mass is 225 g/mol. The predicted octanol–water partition coefficient (Wildman–Crippen LogP) is 1.28. The summed E-state index contributed by atoms with van der Waals surface area (Å²) in [5, 5.41) is 3.45. The molecule has 1 unspecified atom stereocenters. The van der Waals surface area contributed by atoms with Gasteiger partial charge in [-0.15, -0.1) is 0 Å². The maximum Gasteiger partial charge on any atom is 0.320 e. The first-order chi connectivity index (χ1) is 7.81. The average Bonchev–Trinajstić information content (AvgIpc) is 2.97. The number of nitrogens with zero attached hydrogens (tertiary/aromatic N) is 2. The minimum atomic E-state index is 0.244. The van der Waals surface area contributed by atoms with Crippen LogP contribution in [0.15, 0.2) is 0 Å². The molecule has 2 fully saturated rings. The third-order valence-electron chi connectivity index (χ3n) is 3.63. The van der Waals surface area contributed by atoms with Gasteiger partial charge in [-0.25, -0.2) is 4.79 Å². The van der Waals surface area contributed by atoms with Crippen molar-refractivity contribution in [3.63, 3.8) is 0 Å². The summed E-state index contributed by atoms with van der Waals surface area (Å²) < 4.78 is 0. The quantitative estimate of drug-likeness (QED) is 0.785. The molecule has 2 heterocycles. The van der Waals surface area contributed by atoms with Gasteiger partial charge in [0.05, 0.1) is 0 Å². The average molecular weight is 225 g/mol. The molecule has 0 bridgehead atoms. The molecular formula is C12H23N3O. The van der Waals surface area contributed by atoms with Gasteiger partial charge in [0.15, 0.2) is 0 Å². The van der Waals surface area contributed by atoms with Gasteiger partial charge in [0.25, 0.3) is 0 Å². The lowest BCUT2D eigenvalue weighted by Gasteiger charge is -2.29. The molecule has 1 N–H and O–H groups in total. The van der Waals surface area contributed by atoms with Crippen molar-refractivity contribution in [3.8, 4) is 0 Å². The maximum atomic E-state index is 12.2. The molecule has 2 amide bonds. The number of carbonyl (C=O) groups is 1. The van der Waals surface area contributed by atoms with Crippen molar-refractivity contribution in [3.05, 3.63) is 0 Å². The van der Waals surface area contributed by atoms with E-state index >= 15 is 0 Å². The zero-order valence-electron chi connectivity index (χ0n) is 10.2. The van der Waals surface area contributed by atoms with Gasteiger partial charge < -0.3 is 15.1 Å². The molecule has 1 atom stereocenters. The topological polar surface area (TPSA) is 35.6 Å². The van der Waals surface area contributed by atoms with Crippen LogP contribution in [0, 0.1) is 0 Å². The van der Waals surface area contributed by atoms with E-state index in [4.69, 9.17) is 0 Å². The van der Waals surface area contributed by atoms with Crippen LogP contribution in [0.25, 0.3) is 0 Å². The fourth-order valence-electron chi connectivity index (χ4n) is 2.63. The fourth-order valence-corrected chi connectivity index (χ4v) is 2.63. The number of hydrogen-bond donors (Lipinski definition) is 1. The molecule has 0 aromatic carbocycles. The van der Waals surface area contributed by atoms with Crippen LogP contribution in [0.3, 0.4) is 0 Å². The van der Waals surface area contributed by atoms with Crippen LogP contribution in [-0.4, -0.2) is 54.6 Å². The SMILES string of the molecule is CCN(CC1CCCN1)C(=O)N1CCCC1. The number of nitrogens with one attached hydrogen (secondary N) is 1. The van der Waals surface area contributed by atoms with E-state index in [1.807, 2.05) is 9.80 Å². The second-order valence-corrected chi connectivity index (χ2v) is 4.81. The summed E-state index contributed by atoms with van der Waals surface area (Å²) >= 11 is 0. The Morgan fingerprint density at radius 1 is 1.38 bits per heavy atom. The molecule has 4 nitrogen and oxygen atoms in total. The standard InChI is InChI=1S/C12H23N3O/c1-2-14(10-11-6-5-7-13-11)12(16)15-8-3-4-9-15/h11,13H,2-10H2,1H3. The first-order valence-corrected chi connectivity index (χ1v) is 6.58. The minimum Gasteiger partial charge on any atom is -0.325 e. The highest BCUT2D eigenvalue weighted by molar-refractivity contribution is 5.74. The molecule has 0 radical (unpaired) electrons. The molecule has 2 rings (SSSR count). The Labute approximate surface area is 98.0 Å². The van der Waals surface area contributed by atoms with E-state index in [1.165, 1.54) is 25.7 Å². The number of amides is 2. The molecule has 0 aromatic heterocycles. The summed E-state index contributed by atoms with van der Waals surface area (Å²) in [4.78, 5) is 16.2. The molecule has 0 saturated carbocycles.